The van der Waals surface area contributed by atoms with E-state index in [-0.39, 0.29) is 0 Å². The van der Waals surface area contributed by atoms with Crippen LogP contribution in [0.3, 0.4) is 0 Å². The van der Waals surface area contributed by atoms with Crippen molar-refractivity contribution < 1.29 is 14.3 Å². The summed E-state index contributed by atoms with van der Waals surface area (Å²) in [7, 11) is 1.23. The highest BCUT2D eigenvalue weighted by atomic mass is 16.5. The maximum Gasteiger partial charge on any atom is 0.328 e. The number of carbonyl (C=O) groups is 2. The smallest absolute Gasteiger partial charge is 0.328 e. The van der Waals surface area contributed by atoms with Crippen LogP contribution in [0.2, 0.25) is 0 Å². The number of ether oxygens (including phenoxy) is 1. The number of nitrogens with one attached hydrogen (secondary N) is 1. The summed E-state index contributed by atoms with van der Waals surface area (Å²) in [6.45, 7) is 0. The van der Waals surface area contributed by atoms with Crippen LogP contribution in [-0.2, 0) is 20.7 Å². The predicted octanol–water partition coefficient (Wildman–Crippen LogP) is 0.410. The summed E-state index contributed by atoms with van der Waals surface area (Å²) in [5, 5.41) is 10.7. The second kappa shape index (κ2) is 6.28. The van der Waals surface area contributed by atoms with Crippen molar-refractivity contribution in [3.8, 4) is 6.07 Å². The van der Waals surface area contributed by atoms with E-state index in [9.17, 15) is 9.59 Å². The van der Waals surface area contributed by atoms with Crippen molar-refractivity contribution in [1.29, 1.82) is 5.26 Å². The predicted molar refractivity (Wildman–Crippen MR) is 59.7 cm³/mol. The van der Waals surface area contributed by atoms with Gasteiger partial charge in [-0.15, -0.1) is 0 Å². The number of esters is 1. The minimum atomic E-state index is -0.851. The highest BCUT2D eigenvalue weighted by molar-refractivity contribution is 5.94. The molecule has 0 radical (unpaired) electrons. The molecule has 5 heteroatoms. The van der Waals surface area contributed by atoms with E-state index in [0.717, 1.165) is 5.56 Å². The lowest BCUT2D eigenvalue weighted by atomic mass is 10.1. The average molecular weight is 232 g/mol. The van der Waals surface area contributed by atoms with Gasteiger partial charge in [-0.2, -0.15) is 5.26 Å². The average Bonchev–Trinajstić information content (AvgIpc) is 2.38. The Balaban J connectivity index is 2.74. The maximum atomic E-state index is 11.4. The molecule has 0 saturated heterocycles. The molecule has 0 heterocycles. The molecule has 5 nitrogen and oxygen atoms in total. The molecule has 0 aromatic heterocycles. The number of nitrogens with zero attached hydrogens (tertiary/aromatic N) is 1. The molecule has 1 atom stereocenters. The van der Waals surface area contributed by atoms with Gasteiger partial charge in [0.2, 0.25) is 0 Å². The highest BCUT2D eigenvalue weighted by Crippen LogP contribution is 2.04. The summed E-state index contributed by atoms with van der Waals surface area (Å²) in [5.74, 6) is -1.42. The second-order valence-electron chi connectivity index (χ2n) is 3.35. The van der Waals surface area contributed by atoms with Gasteiger partial charge in [0.1, 0.15) is 6.04 Å². The lowest BCUT2D eigenvalue weighted by Crippen LogP contribution is -2.42. The first kappa shape index (κ1) is 12.7. The van der Waals surface area contributed by atoms with Gasteiger partial charge in [0.25, 0.3) is 0 Å². The minimum Gasteiger partial charge on any atom is -0.467 e. The SMILES string of the molecule is COC(=O)[C@H](Cc1ccccc1)NC(=O)C#N. The number of hydrogen-bond donors (Lipinski definition) is 1. The molecule has 1 amide bonds. The van der Waals surface area contributed by atoms with Gasteiger partial charge in [-0.3, -0.25) is 4.79 Å². The largest absolute Gasteiger partial charge is 0.467 e. The topological polar surface area (TPSA) is 79.2 Å². The van der Waals surface area contributed by atoms with E-state index in [0.29, 0.717) is 6.42 Å². The number of rotatable bonds is 4. The Kier molecular flexibility index (Phi) is 4.70. The summed E-state index contributed by atoms with van der Waals surface area (Å²) in [4.78, 5) is 22.4. The Labute approximate surface area is 99.0 Å². The summed E-state index contributed by atoms with van der Waals surface area (Å²) >= 11 is 0. The van der Waals surface area contributed by atoms with E-state index in [1.165, 1.54) is 13.2 Å². The van der Waals surface area contributed by atoms with Crippen molar-refractivity contribution in [2.45, 2.75) is 12.5 Å². The monoisotopic (exact) mass is 232 g/mol. The fraction of sp³-hybridized carbons (Fsp3) is 0.250. The summed E-state index contributed by atoms with van der Waals surface area (Å²) in [6.07, 6.45) is 0.293. The first-order valence-electron chi connectivity index (χ1n) is 4.99. The van der Waals surface area contributed by atoms with E-state index in [1.54, 1.807) is 0 Å². The summed E-state index contributed by atoms with van der Waals surface area (Å²) < 4.78 is 4.57. The first-order valence-corrected chi connectivity index (χ1v) is 4.99. The molecule has 1 aromatic rings. The van der Waals surface area contributed by atoms with Gasteiger partial charge >= 0.3 is 11.9 Å². The van der Waals surface area contributed by atoms with E-state index >= 15 is 0 Å². The van der Waals surface area contributed by atoms with Gasteiger partial charge in [0.05, 0.1) is 7.11 Å². The Morgan fingerprint density at radius 3 is 2.59 bits per heavy atom. The molecule has 0 aliphatic heterocycles. The number of nitriles is 1. The third-order valence-electron chi connectivity index (χ3n) is 2.18. The number of hydrogen-bond acceptors (Lipinski definition) is 4. The van der Waals surface area contributed by atoms with Crippen LogP contribution in [0.4, 0.5) is 0 Å². The highest BCUT2D eigenvalue weighted by Gasteiger charge is 2.21. The Bertz CT molecular complexity index is 437. The molecular weight excluding hydrogens is 220 g/mol. The van der Waals surface area contributed by atoms with E-state index < -0.39 is 17.9 Å². The normalized spacial score (nSPS) is 11.1. The maximum absolute atomic E-state index is 11.4. The molecule has 0 saturated carbocycles. The molecular formula is C12H12N2O3. The van der Waals surface area contributed by atoms with Crippen molar-refractivity contribution >= 4 is 11.9 Å². The van der Waals surface area contributed by atoms with Gasteiger partial charge in [0.15, 0.2) is 6.07 Å². The van der Waals surface area contributed by atoms with Crippen LogP contribution in [0.25, 0.3) is 0 Å². The van der Waals surface area contributed by atoms with Crippen LogP contribution in [0, 0.1) is 11.3 Å². The van der Waals surface area contributed by atoms with Crippen LogP contribution in [0.1, 0.15) is 5.56 Å². The van der Waals surface area contributed by atoms with Crippen molar-refractivity contribution in [2.24, 2.45) is 0 Å². The lowest BCUT2D eigenvalue weighted by molar-refractivity contribution is -0.144. The van der Waals surface area contributed by atoms with Gasteiger partial charge in [-0.05, 0) is 5.56 Å². The molecule has 1 N–H and O–H groups in total. The molecule has 0 bridgehead atoms. The fourth-order valence-electron chi connectivity index (χ4n) is 1.38. The number of carbonyl (C=O) groups excluding carboxylic acids is 2. The molecule has 0 aliphatic carbocycles. The fourth-order valence-corrected chi connectivity index (χ4v) is 1.38. The number of benzene rings is 1. The second-order valence-corrected chi connectivity index (χ2v) is 3.35. The standard InChI is InChI=1S/C12H12N2O3/c1-17-12(16)10(14-11(15)8-13)7-9-5-3-2-4-6-9/h2-6,10H,7H2,1H3,(H,14,15)/t10-/m0/s1. The van der Waals surface area contributed by atoms with Crippen LogP contribution >= 0.6 is 0 Å². The zero-order chi connectivity index (χ0) is 12.7. The van der Waals surface area contributed by atoms with E-state index in [2.05, 4.69) is 10.1 Å². The van der Waals surface area contributed by atoms with Crippen LogP contribution in [0.5, 0.6) is 0 Å². The van der Waals surface area contributed by atoms with Crippen LogP contribution in [-0.4, -0.2) is 25.0 Å². The molecule has 17 heavy (non-hydrogen) atoms. The molecule has 1 aromatic carbocycles. The van der Waals surface area contributed by atoms with Crippen LogP contribution in [0.15, 0.2) is 30.3 Å². The molecule has 88 valence electrons. The van der Waals surface area contributed by atoms with Gasteiger partial charge < -0.3 is 10.1 Å². The van der Waals surface area contributed by atoms with Crippen LogP contribution < -0.4 is 5.32 Å². The summed E-state index contributed by atoms with van der Waals surface area (Å²) in [6, 6.07) is 9.73. The van der Waals surface area contributed by atoms with Gasteiger partial charge in [-0.1, -0.05) is 30.3 Å². The Morgan fingerprint density at radius 1 is 1.41 bits per heavy atom. The van der Waals surface area contributed by atoms with Crippen molar-refractivity contribution in [3.05, 3.63) is 35.9 Å². The quantitative estimate of drug-likeness (QED) is 0.602. The third kappa shape index (κ3) is 3.95. The number of amides is 1. The molecule has 0 spiro atoms. The third-order valence-corrected chi connectivity index (χ3v) is 2.18. The van der Waals surface area contributed by atoms with Gasteiger partial charge in [-0.25, -0.2) is 4.79 Å². The molecule has 0 aliphatic rings. The van der Waals surface area contributed by atoms with Crippen molar-refractivity contribution in [2.75, 3.05) is 7.11 Å². The zero-order valence-corrected chi connectivity index (χ0v) is 9.34. The Morgan fingerprint density at radius 2 is 2.06 bits per heavy atom. The Hall–Kier alpha value is -2.35. The first-order chi connectivity index (χ1) is 8.17. The molecule has 1 rings (SSSR count). The molecule has 0 fully saturated rings. The lowest BCUT2D eigenvalue weighted by Gasteiger charge is -2.14. The minimum absolute atomic E-state index is 0.293. The summed E-state index contributed by atoms with van der Waals surface area (Å²) in [5.41, 5.74) is 0.876. The van der Waals surface area contributed by atoms with Crippen molar-refractivity contribution in [3.63, 3.8) is 0 Å². The van der Waals surface area contributed by atoms with Crippen molar-refractivity contribution in [1.82, 2.24) is 5.32 Å². The van der Waals surface area contributed by atoms with Gasteiger partial charge in [0, 0.05) is 6.42 Å². The zero-order valence-electron chi connectivity index (χ0n) is 9.34. The van der Waals surface area contributed by atoms with E-state index in [4.69, 9.17) is 5.26 Å². The van der Waals surface area contributed by atoms with E-state index in [1.807, 2.05) is 30.3 Å². The molecule has 0 unspecified atom stereocenters. The number of methoxy groups -OCH3 is 1.